The van der Waals surface area contributed by atoms with Crippen LogP contribution in [0.15, 0.2) is 17.2 Å². The lowest BCUT2D eigenvalue weighted by Crippen LogP contribution is -2.33. The van der Waals surface area contributed by atoms with E-state index in [1.165, 1.54) is 0 Å². The third-order valence-corrected chi connectivity index (χ3v) is 1.73. The number of amidine groups is 1. The summed E-state index contributed by atoms with van der Waals surface area (Å²) >= 11 is 0. The molecule has 0 unspecified atom stereocenters. The number of carbonyl (C=O) groups excluding carboxylic acids is 1. The van der Waals surface area contributed by atoms with Crippen molar-refractivity contribution in [1.29, 1.82) is 0 Å². The Labute approximate surface area is 83.7 Å². The first-order chi connectivity index (χ1) is 7.13. The van der Waals surface area contributed by atoms with Crippen molar-refractivity contribution in [3.05, 3.63) is 34.9 Å². The second-order valence-electron chi connectivity index (χ2n) is 2.59. The molecule has 0 aromatic heterocycles. The highest BCUT2D eigenvalue weighted by Crippen LogP contribution is 2.14. The molecule has 1 aromatic rings. The third kappa shape index (κ3) is 2.08. The van der Waals surface area contributed by atoms with Crippen LogP contribution in [-0.2, 0) is 0 Å². The largest absolute Gasteiger partial charge is 0.321 e. The SMILES string of the molecule is N/N=C(\NN)c1cc(F)cc(F)c1C=O. The molecule has 5 nitrogen and oxygen atoms in total. The fourth-order valence-corrected chi connectivity index (χ4v) is 1.09. The van der Waals surface area contributed by atoms with E-state index in [0.717, 1.165) is 6.07 Å². The maximum absolute atomic E-state index is 13.1. The van der Waals surface area contributed by atoms with Crippen molar-refractivity contribution in [2.75, 3.05) is 0 Å². The number of aldehydes is 1. The Morgan fingerprint density at radius 2 is 2.13 bits per heavy atom. The number of nitrogens with two attached hydrogens (primary N) is 2. The summed E-state index contributed by atoms with van der Waals surface area (Å²) in [5.41, 5.74) is 1.54. The number of hydrazone groups is 1. The third-order valence-electron chi connectivity index (χ3n) is 1.73. The smallest absolute Gasteiger partial charge is 0.167 e. The molecule has 5 N–H and O–H groups in total. The molecule has 0 bridgehead atoms. The van der Waals surface area contributed by atoms with Crippen molar-refractivity contribution >= 4 is 12.1 Å². The molecule has 80 valence electrons. The Kier molecular flexibility index (Phi) is 3.29. The van der Waals surface area contributed by atoms with Crippen LogP contribution in [0.25, 0.3) is 0 Å². The average molecular weight is 214 g/mol. The van der Waals surface area contributed by atoms with Gasteiger partial charge in [0, 0.05) is 11.6 Å². The maximum atomic E-state index is 13.1. The van der Waals surface area contributed by atoms with Gasteiger partial charge in [0.15, 0.2) is 12.1 Å². The summed E-state index contributed by atoms with van der Waals surface area (Å²) < 4.78 is 26.0. The minimum absolute atomic E-state index is 0.132. The predicted molar refractivity (Wildman–Crippen MR) is 49.8 cm³/mol. The molecule has 0 saturated heterocycles. The van der Waals surface area contributed by atoms with Gasteiger partial charge in [-0.3, -0.25) is 4.79 Å². The van der Waals surface area contributed by atoms with Gasteiger partial charge in [0.05, 0.1) is 5.56 Å². The van der Waals surface area contributed by atoms with Gasteiger partial charge in [-0.15, -0.1) is 0 Å². The number of hydrazine groups is 1. The Hall–Kier alpha value is -2.02. The highest BCUT2D eigenvalue weighted by Gasteiger charge is 2.14. The lowest BCUT2D eigenvalue weighted by atomic mass is 10.1. The van der Waals surface area contributed by atoms with E-state index in [9.17, 15) is 13.6 Å². The standard InChI is InChI=1S/C8H8F2N4O/c9-4-1-5(8(13-11)14-12)6(3-15)7(10)2-4/h1-3H,11-12H2,(H,13,14). The summed E-state index contributed by atoms with van der Waals surface area (Å²) in [6, 6.07) is 1.48. The van der Waals surface area contributed by atoms with Crippen molar-refractivity contribution in [3.63, 3.8) is 0 Å². The van der Waals surface area contributed by atoms with Gasteiger partial charge in [0.2, 0.25) is 0 Å². The Morgan fingerprint density at radius 3 is 2.60 bits per heavy atom. The van der Waals surface area contributed by atoms with Crippen LogP contribution < -0.4 is 17.1 Å². The van der Waals surface area contributed by atoms with Crippen LogP contribution in [-0.4, -0.2) is 12.1 Å². The van der Waals surface area contributed by atoms with Crippen molar-refractivity contribution in [3.8, 4) is 0 Å². The summed E-state index contributed by atoms with van der Waals surface area (Å²) in [5, 5.41) is 3.16. The van der Waals surface area contributed by atoms with Gasteiger partial charge in [0.25, 0.3) is 0 Å². The summed E-state index contributed by atoms with van der Waals surface area (Å²) in [5.74, 6) is 7.90. The number of nitrogens with zero attached hydrogens (tertiary/aromatic N) is 1. The monoisotopic (exact) mass is 214 g/mol. The lowest BCUT2D eigenvalue weighted by Gasteiger charge is -2.07. The zero-order chi connectivity index (χ0) is 11.4. The molecule has 15 heavy (non-hydrogen) atoms. The fraction of sp³-hybridized carbons (Fsp3) is 0. The fourth-order valence-electron chi connectivity index (χ4n) is 1.09. The van der Waals surface area contributed by atoms with Gasteiger partial charge >= 0.3 is 0 Å². The van der Waals surface area contributed by atoms with E-state index < -0.39 is 11.6 Å². The van der Waals surface area contributed by atoms with E-state index in [2.05, 4.69) is 5.10 Å². The zero-order valence-electron chi connectivity index (χ0n) is 7.50. The van der Waals surface area contributed by atoms with Crippen LogP contribution in [0.4, 0.5) is 8.78 Å². The van der Waals surface area contributed by atoms with Crippen LogP contribution in [0.2, 0.25) is 0 Å². The van der Waals surface area contributed by atoms with Gasteiger partial charge in [0.1, 0.15) is 11.6 Å². The molecule has 7 heteroatoms. The molecule has 0 aliphatic rings. The highest BCUT2D eigenvalue weighted by atomic mass is 19.1. The van der Waals surface area contributed by atoms with E-state index in [-0.39, 0.29) is 23.2 Å². The van der Waals surface area contributed by atoms with E-state index in [4.69, 9.17) is 11.7 Å². The number of benzene rings is 1. The molecule has 0 saturated carbocycles. The lowest BCUT2D eigenvalue weighted by molar-refractivity contribution is 0.111. The summed E-state index contributed by atoms with van der Waals surface area (Å²) in [4.78, 5) is 10.6. The molecule has 0 fully saturated rings. The Bertz CT molecular complexity index is 419. The maximum Gasteiger partial charge on any atom is 0.167 e. The normalized spacial score (nSPS) is 11.3. The topological polar surface area (TPSA) is 93.5 Å². The van der Waals surface area contributed by atoms with Crippen LogP contribution in [0.1, 0.15) is 15.9 Å². The first kappa shape index (κ1) is 11.1. The van der Waals surface area contributed by atoms with Gasteiger partial charge in [-0.05, 0) is 6.07 Å². The summed E-state index contributed by atoms with van der Waals surface area (Å²) in [7, 11) is 0. The first-order valence-electron chi connectivity index (χ1n) is 3.83. The molecule has 0 aliphatic heterocycles. The zero-order valence-corrected chi connectivity index (χ0v) is 7.50. The minimum atomic E-state index is -1.00. The summed E-state index contributed by atoms with van der Waals surface area (Å²) in [6.07, 6.45) is 0.229. The molecule has 1 aromatic carbocycles. The second kappa shape index (κ2) is 4.47. The summed E-state index contributed by atoms with van der Waals surface area (Å²) in [6.45, 7) is 0. The van der Waals surface area contributed by atoms with Crippen molar-refractivity contribution in [2.24, 2.45) is 16.8 Å². The van der Waals surface area contributed by atoms with Crippen LogP contribution in [0.3, 0.4) is 0 Å². The van der Waals surface area contributed by atoms with Crippen LogP contribution in [0, 0.1) is 11.6 Å². The minimum Gasteiger partial charge on any atom is -0.321 e. The van der Waals surface area contributed by atoms with Crippen LogP contribution >= 0.6 is 0 Å². The highest BCUT2D eigenvalue weighted by molar-refractivity contribution is 6.04. The van der Waals surface area contributed by atoms with Gasteiger partial charge in [-0.2, -0.15) is 5.10 Å². The van der Waals surface area contributed by atoms with Crippen molar-refractivity contribution in [1.82, 2.24) is 5.43 Å². The molecule has 0 heterocycles. The predicted octanol–water partition coefficient (Wildman–Crippen LogP) is -0.139. The van der Waals surface area contributed by atoms with Gasteiger partial charge in [-0.1, -0.05) is 0 Å². The second-order valence-corrected chi connectivity index (χ2v) is 2.59. The Morgan fingerprint density at radius 1 is 1.47 bits per heavy atom. The van der Waals surface area contributed by atoms with E-state index in [0.29, 0.717) is 6.07 Å². The van der Waals surface area contributed by atoms with Gasteiger partial charge in [-0.25, -0.2) is 14.6 Å². The number of hydrogen-bond acceptors (Lipinski definition) is 4. The molecular weight excluding hydrogens is 206 g/mol. The molecular formula is C8H8F2N4O. The molecule has 0 aliphatic carbocycles. The molecule has 0 spiro atoms. The van der Waals surface area contributed by atoms with E-state index >= 15 is 0 Å². The molecule has 0 atom stereocenters. The van der Waals surface area contributed by atoms with Crippen molar-refractivity contribution in [2.45, 2.75) is 0 Å². The van der Waals surface area contributed by atoms with Crippen molar-refractivity contribution < 1.29 is 13.6 Å². The first-order valence-corrected chi connectivity index (χ1v) is 3.83. The molecule has 0 amide bonds. The number of halogens is 2. The number of carbonyl (C=O) groups is 1. The Balaban J connectivity index is 3.44. The van der Waals surface area contributed by atoms with E-state index in [1.807, 2.05) is 5.43 Å². The van der Waals surface area contributed by atoms with Crippen LogP contribution in [0.5, 0.6) is 0 Å². The molecule has 0 radical (unpaired) electrons. The van der Waals surface area contributed by atoms with E-state index in [1.54, 1.807) is 0 Å². The average Bonchev–Trinajstić information content (AvgIpc) is 2.19. The number of rotatable bonds is 2. The number of nitrogens with one attached hydrogen (secondary N) is 1. The quantitative estimate of drug-likeness (QED) is 0.210. The molecule has 1 rings (SSSR count). The van der Waals surface area contributed by atoms with Gasteiger partial charge < -0.3 is 11.3 Å². The number of hydrogen-bond donors (Lipinski definition) is 3.